The van der Waals surface area contributed by atoms with E-state index in [0.717, 1.165) is 10.0 Å². The summed E-state index contributed by atoms with van der Waals surface area (Å²) in [7, 11) is 1.67. The van der Waals surface area contributed by atoms with Gasteiger partial charge in [0.05, 0.1) is 0 Å². The highest BCUT2D eigenvalue weighted by Crippen LogP contribution is 2.26. The quantitative estimate of drug-likeness (QED) is 0.884. The van der Waals surface area contributed by atoms with Crippen molar-refractivity contribution in [3.8, 4) is 0 Å². The van der Waals surface area contributed by atoms with Crippen LogP contribution in [0.1, 0.15) is 18.9 Å². The van der Waals surface area contributed by atoms with Gasteiger partial charge in [-0.1, -0.05) is 35.0 Å². The fourth-order valence-electron chi connectivity index (χ4n) is 1.64. The normalized spacial score (nSPS) is 14.6. The van der Waals surface area contributed by atoms with Gasteiger partial charge in [-0.05, 0) is 31.2 Å². The molecule has 0 bridgehead atoms. The molecule has 82 valence electrons. The number of carbonyl (C=O) groups is 1. The lowest BCUT2D eigenvalue weighted by Crippen LogP contribution is -2.46. The lowest BCUT2D eigenvalue weighted by molar-refractivity contribution is -0.145. The number of likely N-dealkylation sites (N-methyl/N-ethyl adjacent to an activating group) is 1. The Morgan fingerprint density at radius 3 is 2.33 bits per heavy atom. The smallest absolute Gasteiger partial charge is 0.328 e. The predicted octanol–water partition coefficient (Wildman–Crippen LogP) is 2.36. The fourth-order valence-corrected chi connectivity index (χ4v) is 1.91. The second kappa shape index (κ2) is 4.77. The number of hydrogen-bond acceptors (Lipinski definition) is 2. The lowest BCUT2D eigenvalue weighted by Gasteiger charge is -2.28. The fraction of sp³-hybridized carbons (Fsp3) is 0.364. The zero-order chi connectivity index (χ0) is 11.5. The summed E-state index contributed by atoms with van der Waals surface area (Å²) in [5.74, 6) is -0.852. The van der Waals surface area contributed by atoms with Gasteiger partial charge in [0.1, 0.15) is 5.54 Å². The van der Waals surface area contributed by atoms with Crippen molar-refractivity contribution in [3.63, 3.8) is 0 Å². The second-order valence-electron chi connectivity index (χ2n) is 3.32. The van der Waals surface area contributed by atoms with E-state index in [1.807, 2.05) is 31.2 Å². The van der Waals surface area contributed by atoms with E-state index in [1.54, 1.807) is 7.05 Å². The van der Waals surface area contributed by atoms with Crippen LogP contribution in [0.3, 0.4) is 0 Å². The molecule has 1 aromatic rings. The van der Waals surface area contributed by atoms with Crippen LogP contribution in [0, 0.1) is 0 Å². The topological polar surface area (TPSA) is 49.3 Å². The van der Waals surface area contributed by atoms with E-state index in [1.165, 1.54) is 0 Å². The molecule has 2 N–H and O–H groups in total. The lowest BCUT2D eigenvalue weighted by atomic mass is 9.87. The van der Waals surface area contributed by atoms with Gasteiger partial charge < -0.3 is 10.4 Å². The molecule has 4 heteroatoms. The Morgan fingerprint density at radius 2 is 2.00 bits per heavy atom. The first-order valence-corrected chi connectivity index (χ1v) is 5.54. The zero-order valence-corrected chi connectivity index (χ0v) is 10.3. The Kier molecular flexibility index (Phi) is 3.88. The molecule has 1 unspecified atom stereocenters. The van der Waals surface area contributed by atoms with Crippen LogP contribution in [0.25, 0.3) is 0 Å². The van der Waals surface area contributed by atoms with Crippen LogP contribution in [0.2, 0.25) is 0 Å². The Hall–Kier alpha value is -0.870. The minimum absolute atomic E-state index is 0.500. The summed E-state index contributed by atoms with van der Waals surface area (Å²) in [6, 6.07) is 7.33. The molecule has 0 radical (unpaired) electrons. The van der Waals surface area contributed by atoms with E-state index >= 15 is 0 Å². The molecule has 0 spiro atoms. The summed E-state index contributed by atoms with van der Waals surface area (Å²) in [6.45, 7) is 1.85. The maximum Gasteiger partial charge on any atom is 0.328 e. The van der Waals surface area contributed by atoms with Gasteiger partial charge in [-0.15, -0.1) is 0 Å². The summed E-state index contributed by atoms with van der Waals surface area (Å²) in [5, 5.41) is 12.2. The minimum Gasteiger partial charge on any atom is -0.480 e. The molecule has 1 aromatic carbocycles. The van der Waals surface area contributed by atoms with Gasteiger partial charge in [0.15, 0.2) is 0 Å². The van der Waals surface area contributed by atoms with E-state index < -0.39 is 11.5 Å². The molecule has 3 nitrogen and oxygen atoms in total. The summed E-state index contributed by atoms with van der Waals surface area (Å²) >= 11 is 3.33. The number of hydrogen-bond donors (Lipinski definition) is 2. The molecule has 1 rings (SSSR count). The molecule has 0 fully saturated rings. The van der Waals surface area contributed by atoms with E-state index in [4.69, 9.17) is 0 Å². The first kappa shape index (κ1) is 12.2. The van der Waals surface area contributed by atoms with Gasteiger partial charge in [-0.3, -0.25) is 0 Å². The van der Waals surface area contributed by atoms with E-state index in [-0.39, 0.29) is 0 Å². The zero-order valence-electron chi connectivity index (χ0n) is 8.75. The Morgan fingerprint density at radius 1 is 1.47 bits per heavy atom. The summed E-state index contributed by atoms with van der Waals surface area (Å²) in [6.07, 6.45) is 0.500. The molecular weight excluding hydrogens is 258 g/mol. The number of halogens is 1. The highest BCUT2D eigenvalue weighted by atomic mass is 79.9. The van der Waals surface area contributed by atoms with Crippen LogP contribution < -0.4 is 5.32 Å². The molecular formula is C11H14BrNO2. The molecule has 0 heterocycles. The largest absolute Gasteiger partial charge is 0.480 e. The Bertz CT molecular complexity index is 344. The molecule has 0 aliphatic rings. The van der Waals surface area contributed by atoms with Gasteiger partial charge in [0.25, 0.3) is 0 Å². The van der Waals surface area contributed by atoms with Crippen molar-refractivity contribution in [2.24, 2.45) is 0 Å². The SMILES string of the molecule is CCC(NC)(C(=O)O)c1ccc(Br)cc1. The van der Waals surface area contributed by atoms with E-state index in [9.17, 15) is 9.90 Å². The Balaban J connectivity index is 3.20. The molecule has 15 heavy (non-hydrogen) atoms. The van der Waals surface area contributed by atoms with E-state index in [0.29, 0.717) is 6.42 Å². The standard InChI is InChI=1S/C11H14BrNO2/c1-3-11(13-2,10(14)15)8-4-6-9(12)7-5-8/h4-7,13H,3H2,1-2H3,(H,14,15). The second-order valence-corrected chi connectivity index (χ2v) is 4.24. The number of nitrogens with one attached hydrogen (secondary N) is 1. The van der Waals surface area contributed by atoms with Crippen molar-refractivity contribution in [1.82, 2.24) is 5.32 Å². The summed E-state index contributed by atoms with van der Waals surface area (Å²) in [4.78, 5) is 11.3. The number of carboxylic acids is 1. The van der Waals surface area contributed by atoms with Gasteiger partial charge in [-0.25, -0.2) is 4.79 Å². The number of aliphatic carboxylic acids is 1. The van der Waals surface area contributed by atoms with Gasteiger partial charge in [-0.2, -0.15) is 0 Å². The van der Waals surface area contributed by atoms with E-state index in [2.05, 4.69) is 21.2 Å². The molecule has 0 aromatic heterocycles. The van der Waals surface area contributed by atoms with Crippen molar-refractivity contribution in [2.75, 3.05) is 7.05 Å². The minimum atomic E-state index is -0.985. The van der Waals surface area contributed by atoms with Crippen molar-refractivity contribution in [1.29, 1.82) is 0 Å². The van der Waals surface area contributed by atoms with Crippen molar-refractivity contribution in [3.05, 3.63) is 34.3 Å². The van der Waals surface area contributed by atoms with Crippen molar-refractivity contribution >= 4 is 21.9 Å². The van der Waals surface area contributed by atoms with Gasteiger partial charge >= 0.3 is 5.97 Å². The summed E-state index contributed by atoms with van der Waals surface area (Å²) in [5.41, 5.74) is -0.219. The number of benzene rings is 1. The molecule has 0 aliphatic heterocycles. The van der Waals surface area contributed by atoms with Crippen LogP contribution >= 0.6 is 15.9 Å². The van der Waals surface area contributed by atoms with Crippen LogP contribution in [-0.4, -0.2) is 18.1 Å². The van der Waals surface area contributed by atoms with Crippen LogP contribution in [0.4, 0.5) is 0 Å². The number of rotatable bonds is 4. The average molecular weight is 272 g/mol. The third kappa shape index (κ3) is 2.21. The maximum absolute atomic E-state index is 11.3. The van der Waals surface area contributed by atoms with Crippen LogP contribution in [0.5, 0.6) is 0 Å². The van der Waals surface area contributed by atoms with Crippen molar-refractivity contribution in [2.45, 2.75) is 18.9 Å². The monoisotopic (exact) mass is 271 g/mol. The highest BCUT2D eigenvalue weighted by Gasteiger charge is 2.36. The van der Waals surface area contributed by atoms with Gasteiger partial charge in [0, 0.05) is 4.47 Å². The summed E-state index contributed by atoms with van der Waals surface area (Å²) < 4.78 is 0.942. The molecule has 0 saturated heterocycles. The Labute approximate surface area is 97.6 Å². The number of carboxylic acid groups (broad SMARTS) is 1. The third-order valence-electron chi connectivity index (χ3n) is 2.66. The van der Waals surface area contributed by atoms with Crippen LogP contribution in [-0.2, 0) is 10.3 Å². The average Bonchev–Trinajstić information content (AvgIpc) is 2.22. The molecule has 1 atom stereocenters. The maximum atomic E-state index is 11.3. The third-order valence-corrected chi connectivity index (χ3v) is 3.19. The molecule has 0 amide bonds. The predicted molar refractivity (Wildman–Crippen MR) is 62.8 cm³/mol. The molecule has 0 saturated carbocycles. The van der Waals surface area contributed by atoms with Crippen molar-refractivity contribution < 1.29 is 9.90 Å². The highest BCUT2D eigenvalue weighted by molar-refractivity contribution is 9.10. The van der Waals surface area contributed by atoms with Crippen LogP contribution in [0.15, 0.2) is 28.7 Å². The molecule has 0 aliphatic carbocycles. The first-order chi connectivity index (χ1) is 7.06. The first-order valence-electron chi connectivity index (χ1n) is 4.75. The van der Waals surface area contributed by atoms with Gasteiger partial charge in [0.2, 0.25) is 0 Å².